The fraction of sp³-hybridized carbons (Fsp3) is 0.308. The van der Waals surface area contributed by atoms with Gasteiger partial charge in [-0.15, -0.1) is 0 Å². The largest absolute Gasteiger partial charge is 0.327 e. The van der Waals surface area contributed by atoms with Gasteiger partial charge in [-0.1, -0.05) is 0 Å². The number of nitrogens with two attached hydrogens (primary N) is 1. The summed E-state index contributed by atoms with van der Waals surface area (Å²) in [5, 5.41) is 7.39. The molecule has 1 aliphatic rings. The first-order valence-electron chi connectivity index (χ1n) is 5.81. The van der Waals surface area contributed by atoms with E-state index in [2.05, 4.69) is 10.2 Å². The van der Waals surface area contributed by atoms with Crippen LogP contribution in [0.2, 0.25) is 0 Å². The van der Waals surface area contributed by atoms with Gasteiger partial charge in [0.25, 0.3) is 0 Å². The van der Waals surface area contributed by atoms with Crippen LogP contribution in [-0.2, 0) is 12.8 Å². The number of hydrogen-bond donors (Lipinski definition) is 2. The number of aromatic nitrogens is 2. The maximum Gasteiger partial charge on any atom is 0.123 e. The zero-order chi connectivity index (χ0) is 11.8. The van der Waals surface area contributed by atoms with E-state index in [-0.39, 0.29) is 11.9 Å². The fourth-order valence-electron chi connectivity index (χ4n) is 2.37. The molecule has 0 unspecified atom stereocenters. The van der Waals surface area contributed by atoms with Gasteiger partial charge < -0.3 is 5.73 Å². The average Bonchev–Trinajstić information content (AvgIpc) is 2.73. The first-order chi connectivity index (χ1) is 8.24. The molecule has 1 heterocycles. The molecule has 3 nitrogen and oxygen atoms in total. The summed E-state index contributed by atoms with van der Waals surface area (Å²) in [5.74, 6) is -0.227. The minimum atomic E-state index is -0.227. The third kappa shape index (κ3) is 1.85. The Balaban J connectivity index is 2.04. The van der Waals surface area contributed by atoms with Gasteiger partial charge in [0.1, 0.15) is 5.82 Å². The second-order valence-corrected chi connectivity index (χ2v) is 4.54. The molecule has 17 heavy (non-hydrogen) atoms. The van der Waals surface area contributed by atoms with Gasteiger partial charge in [0, 0.05) is 22.9 Å². The van der Waals surface area contributed by atoms with Gasteiger partial charge in [-0.25, -0.2) is 4.39 Å². The number of H-pyrrole nitrogens is 1. The number of nitrogens with one attached hydrogen (secondary N) is 1. The van der Waals surface area contributed by atoms with Crippen molar-refractivity contribution >= 4 is 0 Å². The van der Waals surface area contributed by atoms with Crippen molar-refractivity contribution in [1.29, 1.82) is 0 Å². The topological polar surface area (TPSA) is 54.7 Å². The van der Waals surface area contributed by atoms with E-state index in [0.717, 1.165) is 30.5 Å². The van der Waals surface area contributed by atoms with Crippen LogP contribution >= 0.6 is 0 Å². The lowest BCUT2D eigenvalue weighted by Crippen LogP contribution is -2.27. The van der Waals surface area contributed by atoms with Crippen molar-refractivity contribution in [1.82, 2.24) is 10.2 Å². The number of aromatic amines is 1. The lowest BCUT2D eigenvalue weighted by molar-refractivity contribution is 0.572. The molecule has 0 spiro atoms. The van der Waals surface area contributed by atoms with Crippen LogP contribution in [0.15, 0.2) is 24.3 Å². The van der Waals surface area contributed by atoms with E-state index in [0.29, 0.717) is 0 Å². The van der Waals surface area contributed by atoms with Crippen molar-refractivity contribution in [3.05, 3.63) is 41.3 Å². The van der Waals surface area contributed by atoms with E-state index in [1.165, 1.54) is 23.4 Å². The molecule has 0 amide bonds. The van der Waals surface area contributed by atoms with Crippen LogP contribution in [0.4, 0.5) is 4.39 Å². The number of fused-ring (bicyclic) bond motifs is 1. The molecule has 0 aliphatic heterocycles. The zero-order valence-electron chi connectivity index (χ0n) is 9.41. The lowest BCUT2D eigenvalue weighted by Gasteiger charge is -2.18. The van der Waals surface area contributed by atoms with Crippen molar-refractivity contribution in [2.45, 2.75) is 25.3 Å². The molecule has 0 saturated heterocycles. The summed E-state index contributed by atoms with van der Waals surface area (Å²) in [5.41, 5.74) is 10.2. The van der Waals surface area contributed by atoms with Gasteiger partial charge in [0.2, 0.25) is 0 Å². The first-order valence-corrected chi connectivity index (χ1v) is 5.81. The zero-order valence-corrected chi connectivity index (χ0v) is 9.41. The molecule has 0 saturated carbocycles. The first kappa shape index (κ1) is 10.5. The van der Waals surface area contributed by atoms with Gasteiger partial charge in [0.15, 0.2) is 0 Å². The van der Waals surface area contributed by atoms with Gasteiger partial charge in [-0.3, -0.25) is 5.10 Å². The van der Waals surface area contributed by atoms with Crippen LogP contribution in [0.25, 0.3) is 11.3 Å². The van der Waals surface area contributed by atoms with E-state index in [9.17, 15) is 4.39 Å². The molecule has 3 rings (SSSR count). The van der Waals surface area contributed by atoms with E-state index < -0.39 is 0 Å². The number of nitrogens with zero attached hydrogens (tertiary/aromatic N) is 1. The third-order valence-corrected chi connectivity index (χ3v) is 3.30. The molecular weight excluding hydrogens is 217 g/mol. The molecule has 1 atom stereocenters. The number of aryl methyl sites for hydroxylation is 1. The Labute approximate surface area is 98.8 Å². The SMILES string of the molecule is N[C@@H]1CCc2[nH]nc(-c3ccc(F)cc3)c2C1. The minimum absolute atomic E-state index is 0.208. The molecule has 88 valence electrons. The predicted molar refractivity (Wildman–Crippen MR) is 64.0 cm³/mol. The van der Waals surface area contributed by atoms with E-state index >= 15 is 0 Å². The fourth-order valence-corrected chi connectivity index (χ4v) is 2.37. The molecule has 0 bridgehead atoms. The number of hydrogen-bond acceptors (Lipinski definition) is 2. The molecule has 4 heteroatoms. The Morgan fingerprint density at radius 1 is 1.29 bits per heavy atom. The summed E-state index contributed by atoms with van der Waals surface area (Å²) >= 11 is 0. The van der Waals surface area contributed by atoms with Crippen LogP contribution in [0.1, 0.15) is 17.7 Å². The van der Waals surface area contributed by atoms with Gasteiger partial charge >= 0.3 is 0 Å². The highest BCUT2D eigenvalue weighted by Crippen LogP contribution is 2.29. The van der Waals surface area contributed by atoms with Crippen molar-refractivity contribution in [3.63, 3.8) is 0 Å². The Kier molecular flexibility index (Phi) is 2.44. The van der Waals surface area contributed by atoms with Crippen LogP contribution in [0, 0.1) is 5.82 Å². The van der Waals surface area contributed by atoms with Crippen LogP contribution in [-0.4, -0.2) is 16.2 Å². The summed E-state index contributed by atoms with van der Waals surface area (Å²) < 4.78 is 12.9. The second-order valence-electron chi connectivity index (χ2n) is 4.54. The maximum atomic E-state index is 12.9. The normalized spacial score (nSPS) is 19.1. The Morgan fingerprint density at radius 3 is 2.82 bits per heavy atom. The Hall–Kier alpha value is -1.68. The quantitative estimate of drug-likeness (QED) is 0.789. The smallest absolute Gasteiger partial charge is 0.123 e. The summed E-state index contributed by atoms with van der Waals surface area (Å²) in [6.07, 6.45) is 2.79. The highest BCUT2D eigenvalue weighted by Gasteiger charge is 2.21. The highest BCUT2D eigenvalue weighted by atomic mass is 19.1. The standard InChI is InChI=1S/C13H14FN3/c14-9-3-1-8(2-4-9)13-11-7-10(15)5-6-12(11)16-17-13/h1-4,10H,5-7,15H2,(H,16,17)/t10-/m1/s1. The van der Waals surface area contributed by atoms with Crippen molar-refractivity contribution in [2.75, 3.05) is 0 Å². The van der Waals surface area contributed by atoms with E-state index in [4.69, 9.17) is 5.73 Å². The molecule has 1 aromatic carbocycles. The summed E-state index contributed by atoms with van der Waals surface area (Å²) in [4.78, 5) is 0. The van der Waals surface area contributed by atoms with Crippen LogP contribution in [0.3, 0.4) is 0 Å². The number of halogens is 1. The van der Waals surface area contributed by atoms with Crippen molar-refractivity contribution in [3.8, 4) is 11.3 Å². The summed E-state index contributed by atoms with van der Waals surface area (Å²) in [7, 11) is 0. The Bertz CT molecular complexity index is 530. The average molecular weight is 231 g/mol. The number of rotatable bonds is 1. The van der Waals surface area contributed by atoms with Crippen LogP contribution in [0.5, 0.6) is 0 Å². The summed E-state index contributed by atoms with van der Waals surface area (Å²) in [6.45, 7) is 0. The molecule has 2 aromatic rings. The minimum Gasteiger partial charge on any atom is -0.327 e. The maximum absolute atomic E-state index is 12.9. The molecule has 1 aliphatic carbocycles. The Morgan fingerprint density at radius 2 is 2.06 bits per heavy atom. The molecule has 3 N–H and O–H groups in total. The van der Waals surface area contributed by atoms with Crippen molar-refractivity contribution < 1.29 is 4.39 Å². The van der Waals surface area contributed by atoms with E-state index in [1.54, 1.807) is 12.1 Å². The van der Waals surface area contributed by atoms with Gasteiger partial charge in [0.05, 0.1) is 5.69 Å². The molecule has 0 fully saturated rings. The number of benzene rings is 1. The predicted octanol–water partition coefficient (Wildman–Crippen LogP) is 2.03. The van der Waals surface area contributed by atoms with E-state index in [1.807, 2.05) is 0 Å². The van der Waals surface area contributed by atoms with Gasteiger partial charge in [-0.2, -0.15) is 5.10 Å². The van der Waals surface area contributed by atoms with Crippen LogP contribution < -0.4 is 5.73 Å². The summed E-state index contributed by atoms with van der Waals surface area (Å²) in [6, 6.07) is 6.63. The van der Waals surface area contributed by atoms with Gasteiger partial charge in [-0.05, 0) is 43.5 Å². The highest BCUT2D eigenvalue weighted by molar-refractivity contribution is 5.64. The monoisotopic (exact) mass is 231 g/mol. The lowest BCUT2D eigenvalue weighted by atomic mass is 9.90. The second kappa shape index (κ2) is 3.96. The third-order valence-electron chi connectivity index (χ3n) is 3.30. The van der Waals surface area contributed by atoms with Crippen molar-refractivity contribution in [2.24, 2.45) is 5.73 Å². The molecular formula is C13H14FN3. The molecule has 0 radical (unpaired) electrons. The molecule has 1 aromatic heterocycles.